The number of esters is 1. The molecule has 0 fully saturated rings. The van der Waals surface area contributed by atoms with Crippen LogP contribution in [0.1, 0.15) is 55.1 Å². The van der Waals surface area contributed by atoms with Crippen LogP contribution in [0.3, 0.4) is 0 Å². The lowest BCUT2D eigenvalue weighted by Crippen LogP contribution is -2.25. The molecule has 0 saturated carbocycles. The molecule has 1 unspecified atom stereocenters. The first-order valence-electron chi connectivity index (χ1n) is 8.44. The Kier molecular flexibility index (Phi) is 5.87. The van der Waals surface area contributed by atoms with E-state index in [0.717, 1.165) is 11.1 Å². The maximum absolute atomic E-state index is 12.5. The fourth-order valence-corrected chi connectivity index (χ4v) is 2.85. The van der Waals surface area contributed by atoms with Gasteiger partial charge in [-0.15, -0.1) is 0 Å². The summed E-state index contributed by atoms with van der Waals surface area (Å²) in [6.45, 7) is 8.11. The Bertz CT molecular complexity index is 660. The number of carbonyl (C=O) groups is 1. The molecule has 0 aliphatic carbocycles. The van der Waals surface area contributed by atoms with Gasteiger partial charge in [-0.25, -0.2) is 4.79 Å². The van der Waals surface area contributed by atoms with Crippen molar-refractivity contribution in [2.45, 2.75) is 45.5 Å². The summed E-state index contributed by atoms with van der Waals surface area (Å²) in [6.07, 6.45) is 0.600. The van der Waals surface area contributed by atoms with E-state index < -0.39 is 5.60 Å². The van der Waals surface area contributed by atoms with Gasteiger partial charge in [0.1, 0.15) is 5.60 Å². The van der Waals surface area contributed by atoms with E-state index in [1.807, 2.05) is 68.4 Å². The van der Waals surface area contributed by atoms with E-state index >= 15 is 0 Å². The summed E-state index contributed by atoms with van der Waals surface area (Å²) in [5, 5.41) is 0. The largest absolute Gasteiger partial charge is 0.451 e. The third-order valence-corrected chi connectivity index (χ3v) is 4.45. The first-order chi connectivity index (χ1) is 11.3. The van der Waals surface area contributed by atoms with Crippen molar-refractivity contribution in [2.75, 3.05) is 0 Å². The highest BCUT2D eigenvalue weighted by molar-refractivity contribution is 6.09. The highest BCUT2D eigenvalue weighted by Crippen LogP contribution is 2.29. The Morgan fingerprint density at radius 3 is 2.12 bits per heavy atom. The molecule has 2 rings (SSSR count). The van der Waals surface area contributed by atoms with Gasteiger partial charge in [-0.3, -0.25) is 0 Å². The third-order valence-electron chi connectivity index (χ3n) is 4.45. The molecule has 0 aliphatic heterocycles. The molecule has 0 N–H and O–H groups in total. The predicted octanol–water partition coefficient (Wildman–Crippen LogP) is 5.11. The highest BCUT2D eigenvalue weighted by atomic mass is 16.6. The molecule has 0 heterocycles. The molecule has 2 aromatic rings. The Hall–Kier alpha value is -2.03. The van der Waals surface area contributed by atoms with E-state index in [2.05, 4.69) is 13.8 Å². The van der Waals surface area contributed by atoms with Gasteiger partial charge >= 0.3 is 5.97 Å². The van der Waals surface area contributed by atoms with Gasteiger partial charge in [-0.05, 0) is 48.9 Å². The zero-order valence-electron chi connectivity index (χ0n) is 15.0. The van der Waals surface area contributed by atoms with Gasteiger partial charge < -0.3 is 4.74 Å². The monoisotopic (exact) mass is 320 g/mol. The summed E-state index contributed by atoms with van der Waals surface area (Å²) in [5.41, 5.74) is 2.01. The summed E-state index contributed by atoms with van der Waals surface area (Å²) in [6, 6.07) is 17.4. The van der Waals surface area contributed by atoms with Gasteiger partial charge in [-0.2, -0.15) is 0 Å². The minimum Gasteiger partial charge on any atom is -0.451 e. The van der Waals surface area contributed by atoms with E-state index in [4.69, 9.17) is 12.6 Å². The summed E-state index contributed by atoms with van der Waals surface area (Å²) in [4.78, 5) is 12.5. The van der Waals surface area contributed by atoms with Crippen LogP contribution >= 0.6 is 0 Å². The van der Waals surface area contributed by atoms with E-state index in [0.29, 0.717) is 23.7 Å². The summed E-state index contributed by atoms with van der Waals surface area (Å²) < 4.78 is 5.72. The standard InChI is InChI=1S/C21H25BO2/c1-15(2)19(14-22)16-10-12-17(13-11-16)20(23)24-21(3,4)18-8-6-5-7-9-18/h5-13,15,19H,14H2,1-4H3. The SMILES string of the molecule is [B]CC(c1ccc(C(=O)OC(C)(C)c2ccccc2)cc1)C(C)C. The van der Waals surface area contributed by atoms with Crippen LogP contribution in [-0.4, -0.2) is 13.8 Å². The summed E-state index contributed by atoms with van der Waals surface area (Å²) in [5.74, 6) is 0.449. The van der Waals surface area contributed by atoms with Crippen LogP contribution < -0.4 is 0 Å². The fraction of sp³-hybridized carbons (Fsp3) is 0.381. The van der Waals surface area contributed by atoms with Crippen molar-refractivity contribution in [3.05, 3.63) is 71.3 Å². The van der Waals surface area contributed by atoms with Crippen molar-refractivity contribution < 1.29 is 9.53 Å². The zero-order chi connectivity index (χ0) is 17.7. The first kappa shape index (κ1) is 18.3. The lowest BCUT2D eigenvalue weighted by molar-refractivity contribution is -0.00312. The van der Waals surface area contributed by atoms with Gasteiger partial charge in [0.25, 0.3) is 0 Å². The molecule has 0 saturated heterocycles. The molecular formula is C21H25BO2. The molecule has 0 amide bonds. The molecule has 2 aromatic carbocycles. The maximum Gasteiger partial charge on any atom is 0.338 e. The Morgan fingerprint density at radius 1 is 1.04 bits per heavy atom. The highest BCUT2D eigenvalue weighted by Gasteiger charge is 2.26. The predicted molar refractivity (Wildman–Crippen MR) is 99.5 cm³/mol. The Labute approximate surface area is 146 Å². The van der Waals surface area contributed by atoms with Crippen molar-refractivity contribution in [1.82, 2.24) is 0 Å². The molecule has 0 aromatic heterocycles. The number of benzene rings is 2. The van der Waals surface area contributed by atoms with Crippen LogP contribution in [0, 0.1) is 5.92 Å². The normalized spacial score (nSPS) is 12.9. The first-order valence-corrected chi connectivity index (χ1v) is 8.44. The molecular weight excluding hydrogens is 295 g/mol. The van der Waals surface area contributed by atoms with E-state index in [1.165, 1.54) is 0 Å². The van der Waals surface area contributed by atoms with Crippen molar-refractivity contribution >= 4 is 13.8 Å². The number of hydrogen-bond acceptors (Lipinski definition) is 2. The average molecular weight is 320 g/mol. The van der Waals surface area contributed by atoms with Gasteiger partial charge in [0.2, 0.25) is 0 Å². The van der Waals surface area contributed by atoms with Crippen molar-refractivity contribution in [1.29, 1.82) is 0 Å². The topological polar surface area (TPSA) is 26.3 Å². The van der Waals surface area contributed by atoms with Crippen LogP contribution in [0.2, 0.25) is 6.32 Å². The fourth-order valence-electron chi connectivity index (χ4n) is 2.85. The molecule has 24 heavy (non-hydrogen) atoms. The van der Waals surface area contributed by atoms with Crippen LogP contribution in [0.4, 0.5) is 0 Å². The summed E-state index contributed by atoms with van der Waals surface area (Å²) in [7, 11) is 5.86. The van der Waals surface area contributed by atoms with Gasteiger partial charge in [0, 0.05) is 0 Å². The average Bonchev–Trinajstić information content (AvgIpc) is 2.56. The van der Waals surface area contributed by atoms with Crippen LogP contribution in [0.25, 0.3) is 0 Å². The van der Waals surface area contributed by atoms with E-state index in [1.54, 1.807) is 0 Å². The smallest absolute Gasteiger partial charge is 0.338 e. The second-order valence-electron chi connectivity index (χ2n) is 6.97. The molecule has 0 spiro atoms. The summed E-state index contributed by atoms with van der Waals surface area (Å²) >= 11 is 0. The zero-order valence-corrected chi connectivity index (χ0v) is 15.0. The minimum absolute atomic E-state index is 0.302. The van der Waals surface area contributed by atoms with Gasteiger partial charge in [0.05, 0.1) is 13.4 Å². The lowest BCUT2D eigenvalue weighted by atomic mass is 9.78. The van der Waals surface area contributed by atoms with Crippen molar-refractivity contribution in [3.63, 3.8) is 0 Å². The number of rotatable bonds is 6. The quantitative estimate of drug-likeness (QED) is 0.546. The van der Waals surface area contributed by atoms with Gasteiger partial charge in [0.15, 0.2) is 0 Å². The Morgan fingerprint density at radius 2 is 1.62 bits per heavy atom. The second-order valence-corrected chi connectivity index (χ2v) is 6.97. The molecule has 0 aliphatic rings. The van der Waals surface area contributed by atoms with E-state index in [-0.39, 0.29) is 5.97 Å². The number of hydrogen-bond donors (Lipinski definition) is 0. The van der Waals surface area contributed by atoms with Crippen molar-refractivity contribution in [2.24, 2.45) is 5.92 Å². The van der Waals surface area contributed by atoms with Crippen molar-refractivity contribution in [3.8, 4) is 0 Å². The molecule has 124 valence electrons. The van der Waals surface area contributed by atoms with E-state index in [9.17, 15) is 4.79 Å². The number of ether oxygens (including phenoxy) is 1. The molecule has 2 nitrogen and oxygen atoms in total. The van der Waals surface area contributed by atoms with Gasteiger partial charge in [-0.1, -0.05) is 62.6 Å². The molecule has 1 atom stereocenters. The van der Waals surface area contributed by atoms with Crippen LogP contribution in [-0.2, 0) is 10.3 Å². The minimum atomic E-state index is -0.672. The molecule has 0 bridgehead atoms. The number of carbonyl (C=O) groups excluding carboxylic acids is 1. The van der Waals surface area contributed by atoms with Crippen LogP contribution in [0.5, 0.6) is 0 Å². The lowest BCUT2D eigenvalue weighted by Gasteiger charge is -2.26. The Balaban J connectivity index is 2.13. The second kappa shape index (κ2) is 7.70. The molecule has 3 heteroatoms. The van der Waals surface area contributed by atoms with Crippen LogP contribution in [0.15, 0.2) is 54.6 Å². The molecule has 2 radical (unpaired) electrons. The third kappa shape index (κ3) is 4.28. The maximum atomic E-state index is 12.5.